The van der Waals surface area contributed by atoms with Gasteiger partial charge in [-0.05, 0) is 55.9 Å². The van der Waals surface area contributed by atoms with Crippen LogP contribution < -0.4 is 14.9 Å². The lowest BCUT2D eigenvalue weighted by atomic mass is 9.87. The van der Waals surface area contributed by atoms with E-state index in [9.17, 15) is 13.6 Å². The first-order valence-corrected chi connectivity index (χ1v) is 12.4. The van der Waals surface area contributed by atoms with Crippen LogP contribution in [0.25, 0.3) is 10.9 Å². The van der Waals surface area contributed by atoms with E-state index in [2.05, 4.69) is 14.9 Å². The third-order valence-corrected chi connectivity index (χ3v) is 7.19. The van der Waals surface area contributed by atoms with Crippen LogP contribution in [0.5, 0.6) is 0 Å². The summed E-state index contributed by atoms with van der Waals surface area (Å²) in [4.78, 5) is 19.6. The maximum Gasteiger partial charge on any atom is 0.224 e. The molecule has 1 aliphatic carbocycles. The number of carbonyl (C=O) groups is 1. The zero-order chi connectivity index (χ0) is 21.8. The van der Waals surface area contributed by atoms with E-state index in [4.69, 9.17) is 16.6 Å². The average molecular weight is 464 g/mol. The molecular weight excluding hydrogens is 436 g/mol. The van der Waals surface area contributed by atoms with Crippen LogP contribution in [-0.4, -0.2) is 38.8 Å². The molecule has 0 bridgehead atoms. The number of rotatable bonds is 6. The van der Waals surface area contributed by atoms with Gasteiger partial charge in [0.25, 0.3) is 0 Å². The molecule has 1 saturated heterocycles. The molecule has 1 saturated carbocycles. The lowest BCUT2D eigenvalue weighted by Gasteiger charge is -2.33. The van der Waals surface area contributed by atoms with E-state index in [1.54, 1.807) is 6.07 Å². The van der Waals surface area contributed by atoms with Crippen molar-refractivity contribution in [3.63, 3.8) is 0 Å². The first kappa shape index (κ1) is 22.5. The summed E-state index contributed by atoms with van der Waals surface area (Å²) in [6.07, 6.45) is 7.94. The summed E-state index contributed by atoms with van der Waals surface area (Å²) in [5, 5.41) is 4.37. The highest BCUT2D eigenvalue weighted by atomic mass is 35.5. The number of pyridine rings is 1. The molecule has 4 rings (SSSR count). The van der Waals surface area contributed by atoms with Gasteiger partial charge in [-0.1, -0.05) is 30.9 Å². The van der Waals surface area contributed by atoms with Gasteiger partial charge in [-0.2, -0.15) is 0 Å². The highest BCUT2D eigenvalue weighted by Gasteiger charge is 2.21. The van der Waals surface area contributed by atoms with Crippen molar-refractivity contribution >= 4 is 51.2 Å². The molecule has 0 radical (unpaired) electrons. The Hall–Kier alpha value is -1.74. The van der Waals surface area contributed by atoms with Crippen LogP contribution in [0.1, 0.15) is 51.4 Å². The van der Waals surface area contributed by atoms with E-state index < -0.39 is 11.3 Å². The second-order valence-corrected chi connectivity index (χ2v) is 9.64. The first-order chi connectivity index (χ1) is 15.0. The molecule has 168 valence electrons. The van der Waals surface area contributed by atoms with Crippen molar-refractivity contribution in [3.8, 4) is 0 Å². The molecular formula is C22H28ClN4O3S-. The third-order valence-electron chi connectivity index (χ3n) is 6.35. The van der Waals surface area contributed by atoms with Crippen molar-refractivity contribution in [1.29, 1.82) is 0 Å². The zero-order valence-electron chi connectivity index (χ0n) is 17.4. The summed E-state index contributed by atoms with van der Waals surface area (Å²) in [5.41, 5.74) is 1.40. The van der Waals surface area contributed by atoms with Crippen LogP contribution in [0.2, 0.25) is 5.02 Å². The number of anilines is 2. The van der Waals surface area contributed by atoms with Gasteiger partial charge in [0.2, 0.25) is 5.91 Å². The third kappa shape index (κ3) is 5.74. The predicted octanol–water partition coefficient (Wildman–Crippen LogP) is 4.15. The van der Waals surface area contributed by atoms with E-state index >= 15 is 0 Å². The number of fused-ring (bicyclic) bond motifs is 1. The first-order valence-electron chi connectivity index (χ1n) is 11.0. The van der Waals surface area contributed by atoms with Gasteiger partial charge in [0.1, 0.15) is 5.82 Å². The number of carbonyl (C=O) groups excluding carboxylic acids is 1. The Morgan fingerprint density at radius 2 is 1.87 bits per heavy atom. The zero-order valence-corrected chi connectivity index (χ0v) is 19.0. The molecule has 2 fully saturated rings. The standard InChI is InChI=1S/C22H29ClN4O3S/c23-18-7-8-19-17(22(18)25-21(28)14-15-4-2-1-3-5-15)6-9-20(24-19)27-12-10-16(11-13-27)26-31(29)30/h6-9,15-16,26H,1-5,10-14H2,(H,25,28)(H,29,30)/p-1. The van der Waals surface area contributed by atoms with Crippen molar-refractivity contribution in [2.75, 3.05) is 23.3 Å². The minimum Gasteiger partial charge on any atom is -0.760 e. The van der Waals surface area contributed by atoms with Crippen LogP contribution in [-0.2, 0) is 16.1 Å². The SMILES string of the molecule is O=C(CC1CCCCC1)Nc1c(Cl)ccc2nc(N3CCC(NS(=O)[O-])CC3)ccc12. The van der Waals surface area contributed by atoms with E-state index in [1.165, 1.54) is 19.3 Å². The summed E-state index contributed by atoms with van der Waals surface area (Å²) < 4.78 is 24.2. The van der Waals surface area contributed by atoms with Crippen LogP contribution in [0.4, 0.5) is 11.5 Å². The summed E-state index contributed by atoms with van der Waals surface area (Å²) in [7, 11) is 0. The number of benzene rings is 1. The number of nitrogens with zero attached hydrogens (tertiary/aromatic N) is 2. The molecule has 0 spiro atoms. The molecule has 9 heteroatoms. The fourth-order valence-electron chi connectivity index (χ4n) is 4.68. The van der Waals surface area contributed by atoms with Crippen molar-refractivity contribution < 1.29 is 13.6 Å². The van der Waals surface area contributed by atoms with Gasteiger partial charge >= 0.3 is 0 Å². The molecule has 31 heavy (non-hydrogen) atoms. The molecule has 1 aromatic heterocycles. The molecule has 2 N–H and O–H groups in total. The molecule has 7 nitrogen and oxygen atoms in total. The Labute approximate surface area is 190 Å². The van der Waals surface area contributed by atoms with Crippen molar-refractivity contribution in [3.05, 3.63) is 29.3 Å². The number of piperidine rings is 1. The van der Waals surface area contributed by atoms with Crippen LogP contribution in [0.3, 0.4) is 0 Å². The van der Waals surface area contributed by atoms with Gasteiger partial charge in [-0.25, -0.2) is 9.71 Å². The smallest absolute Gasteiger partial charge is 0.224 e. The molecule has 1 aromatic carbocycles. The van der Waals surface area contributed by atoms with Crippen molar-refractivity contribution in [1.82, 2.24) is 9.71 Å². The topological polar surface area (TPSA) is 97.4 Å². The van der Waals surface area contributed by atoms with Gasteiger partial charge in [-0.3, -0.25) is 9.00 Å². The van der Waals surface area contributed by atoms with Crippen molar-refractivity contribution in [2.24, 2.45) is 5.92 Å². The molecule has 1 atom stereocenters. The quantitative estimate of drug-likeness (QED) is 0.627. The number of amides is 1. The monoisotopic (exact) mass is 463 g/mol. The van der Waals surface area contributed by atoms with E-state index in [-0.39, 0.29) is 11.9 Å². The minimum atomic E-state index is -2.23. The summed E-state index contributed by atoms with van der Waals surface area (Å²) in [5.74, 6) is 1.32. The Bertz CT molecular complexity index is 959. The lowest BCUT2D eigenvalue weighted by Crippen LogP contribution is -2.43. The number of hydrogen-bond donors (Lipinski definition) is 2. The fourth-order valence-corrected chi connectivity index (χ4v) is 5.40. The Morgan fingerprint density at radius 1 is 1.13 bits per heavy atom. The molecule has 1 unspecified atom stereocenters. The summed E-state index contributed by atoms with van der Waals surface area (Å²) >= 11 is 4.19. The maximum absolute atomic E-state index is 12.6. The Kier molecular flexibility index (Phi) is 7.43. The number of nitrogens with one attached hydrogen (secondary N) is 2. The number of halogens is 1. The van der Waals surface area contributed by atoms with E-state index in [1.807, 2.05) is 18.2 Å². The van der Waals surface area contributed by atoms with E-state index in [0.717, 1.165) is 55.5 Å². The van der Waals surface area contributed by atoms with Gasteiger partial charge in [0, 0.05) is 42.2 Å². The largest absolute Gasteiger partial charge is 0.760 e. The molecule has 2 aromatic rings. The summed E-state index contributed by atoms with van der Waals surface area (Å²) in [6.45, 7) is 1.46. The normalized spacial score (nSPS) is 19.5. The highest BCUT2D eigenvalue weighted by molar-refractivity contribution is 7.77. The van der Waals surface area contributed by atoms with E-state index in [0.29, 0.717) is 23.0 Å². The summed E-state index contributed by atoms with van der Waals surface area (Å²) in [6, 6.07) is 7.51. The number of aromatic nitrogens is 1. The van der Waals surface area contributed by atoms with Crippen LogP contribution in [0, 0.1) is 5.92 Å². The molecule has 1 amide bonds. The number of hydrogen-bond acceptors (Lipinski definition) is 5. The molecule has 2 heterocycles. The van der Waals surface area contributed by atoms with Gasteiger partial charge in [0.05, 0.1) is 16.2 Å². The van der Waals surface area contributed by atoms with Crippen molar-refractivity contribution in [2.45, 2.75) is 57.4 Å². The van der Waals surface area contributed by atoms with Gasteiger partial charge in [-0.15, -0.1) is 0 Å². The lowest BCUT2D eigenvalue weighted by molar-refractivity contribution is -0.117. The molecule has 1 aliphatic heterocycles. The van der Waals surface area contributed by atoms with Gasteiger partial charge in [0.15, 0.2) is 0 Å². The second kappa shape index (κ2) is 10.3. The second-order valence-electron chi connectivity index (χ2n) is 8.53. The Balaban J connectivity index is 1.46. The average Bonchev–Trinajstić information content (AvgIpc) is 2.76. The fraction of sp³-hybridized carbons (Fsp3) is 0.545. The van der Waals surface area contributed by atoms with Crippen LogP contribution in [0.15, 0.2) is 24.3 Å². The van der Waals surface area contributed by atoms with Gasteiger partial charge < -0.3 is 14.8 Å². The minimum absolute atomic E-state index is 0.00992. The van der Waals surface area contributed by atoms with Crippen LogP contribution >= 0.6 is 11.6 Å². The highest BCUT2D eigenvalue weighted by Crippen LogP contribution is 2.33. The Morgan fingerprint density at radius 3 is 2.58 bits per heavy atom. The predicted molar refractivity (Wildman–Crippen MR) is 124 cm³/mol. The molecule has 2 aliphatic rings. The maximum atomic E-state index is 12.6.